The van der Waals surface area contributed by atoms with E-state index < -0.39 is 15.2 Å². The maximum absolute atomic E-state index is 7.59. The van der Waals surface area contributed by atoms with Crippen molar-refractivity contribution in [2.45, 2.75) is 46.6 Å². The standard InChI is InChI=1S/C8H18N.C4H9O2.3ClH.Nb/c1-7(2,3)6-8(4,5)9;1-5-3-4-6-2;;;;/h9H,6H2,1-5H3;3H,4H2,1-2H3;3*1H;/q2*-1;;;;+3/p-3. The number of rotatable bonds is 4. The molecule has 0 fully saturated rings. The van der Waals surface area contributed by atoms with Crippen molar-refractivity contribution < 1.29 is 24.7 Å². The first kappa shape index (κ1) is 25.4. The Morgan fingerprint density at radius 3 is 1.47 bits per heavy atom. The molecule has 0 spiro atoms. The van der Waals surface area contributed by atoms with E-state index in [-0.39, 0.29) is 5.54 Å². The van der Waals surface area contributed by atoms with Crippen LogP contribution in [-0.2, 0) is 24.7 Å². The van der Waals surface area contributed by atoms with Crippen LogP contribution in [0.5, 0.6) is 0 Å². The summed E-state index contributed by atoms with van der Waals surface area (Å²) in [6, 6.07) is 0. The fraction of sp³-hybridized carbons (Fsp3) is 0.917. The predicted octanol–water partition coefficient (Wildman–Crippen LogP) is 5.76. The third-order valence-electron chi connectivity index (χ3n) is 1.37. The summed E-state index contributed by atoms with van der Waals surface area (Å²) in [6.45, 7) is 12.6. The Balaban J connectivity index is -0.000000222. The van der Waals surface area contributed by atoms with Crippen LogP contribution in [0, 0.1) is 12.0 Å². The van der Waals surface area contributed by atoms with E-state index >= 15 is 0 Å². The van der Waals surface area contributed by atoms with Gasteiger partial charge in [-0.15, -0.1) is 5.54 Å². The van der Waals surface area contributed by atoms with Gasteiger partial charge < -0.3 is 15.2 Å². The zero-order valence-corrected chi connectivity index (χ0v) is 17.4. The Morgan fingerprint density at radius 2 is 1.42 bits per heavy atom. The molecule has 0 aromatic rings. The molecule has 0 amide bonds. The molecule has 0 saturated heterocycles. The van der Waals surface area contributed by atoms with Gasteiger partial charge in [0.1, 0.15) is 0 Å². The Hall–Kier alpha value is 1.49. The first-order valence-corrected chi connectivity index (χ1v) is 14.2. The molecule has 1 N–H and O–H groups in total. The molecule has 0 aromatic heterocycles. The van der Waals surface area contributed by atoms with Crippen LogP contribution >= 0.6 is 27.6 Å². The zero-order chi connectivity index (χ0) is 16.1. The molecule has 0 aliphatic carbocycles. The van der Waals surface area contributed by atoms with Crippen molar-refractivity contribution in [3.63, 3.8) is 0 Å². The van der Waals surface area contributed by atoms with Gasteiger partial charge in [-0.25, -0.2) is 0 Å². The second-order valence-corrected chi connectivity index (χ2v) is 15.7. The molecule has 0 heterocycles. The molecule has 0 bridgehead atoms. The Kier molecular flexibility index (Phi) is 19.3. The van der Waals surface area contributed by atoms with Crippen LogP contribution < -0.4 is 0 Å². The first-order valence-electron chi connectivity index (χ1n) is 5.71. The average molecular weight is 417 g/mol. The minimum atomic E-state index is -2.03. The molecule has 0 aromatic carbocycles. The van der Waals surface area contributed by atoms with E-state index in [9.17, 15) is 0 Å². The van der Waals surface area contributed by atoms with Crippen LogP contribution in [-0.4, -0.2) is 26.4 Å². The van der Waals surface area contributed by atoms with Gasteiger partial charge in [-0.3, -0.25) is 0 Å². The summed E-state index contributed by atoms with van der Waals surface area (Å²) in [5.41, 5.74) is 7.62. The summed E-state index contributed by atoms with van der Waals surface area (Å²) in [5.74, 6) is 0. The van der Waals surface area contributed by atoms with Crippen molar-refractivity contribution >= 4 is 27.6 Å². The van der Waals surface area contributed by atoms with Gasteiger partial charge in [0.2, 0.25) is 0 Å². The van der Waals surface area contributed by atoms with Gasteiger partial charge in [0.05, 0.1) is 0 Å². The number of ether oxygens (including phenoxy) is 2. The number of methoxy groups -OCH3 is 2. The molecular formula is C12H27Cl3NNbO2-2. The number of nitrogens with one attached hydrogen (secondary N) is 1. The van der Waals surface area contributed by atoms with Crippen LogP contribution in [0.1, 0.15) is 41.0 Å². The summed E-state index contributed by atoms with van der Waals surface area (Å²) in [6.07, 6.45) is 0.958. The third kappa shape index (κ3) is 54.2. The second-order valence-electron chi connectivity index (χ2n) is 5.67. The molecule has 0 unspecified atom stereocenters. The van der Waals surface area contributed by atoms with Gasteiger partial charge in [0.15, 0.2) is 0 Å². The van der Waals surface area contributed by atoms with Gasteiger partial charge in [0.25, 0.3) is 0 Å². The van der Waals surface area contributed by atoms with Crippen molar-refractivity contribution in [3.05, 3.63) is 12.3 Å². The van der Waals surface area contributed by atoms with E-state index in [4.69, 9.17) is 33.3 Å². The summed E-state index contributed by atoms with van der Waals surface area (Å²) in [7, 11) is 18.2. The molecule has 3 nitrogen and oxygen atoms in total. The monoisotopic (exact) mass is 415 g/mol. The average Bonchev–Trinajstić information content (AvgIpc) is 2.08. The molecule has 0 aliphatic heterocycles. The molecule has 7 heteroatoms. The normalized spacial score (nSPS) is 11.4. The van der Waals surface area contributed by atoms with E-state index in [0.717, 1.165) is 6.42 Å². The summed E-state index contributed by atoms with van der Waals surface area (Å²) in [4.78, 5) is 0. The molecule has 120 valence electrons. The van der Waals surface area contributed by atoms with Crippen LogP contribution in [0.3, 0.4) is 0 Å². The Labute approximate surface area is 137 Å². The first-order chi connectivity index (χ1) is 8.35. The van der Waals surface area contributed by atoms with E-state index in [1.54, 1.807) is 20.8 Å². The molecule has 19 heavy (non-hydrogen) atoms. The van der Waals surface area contributed by atoms with Gasteiger partial charge in [-0.1, -0.05) is 47.6 Å². The van der Waals surface area contributed by atoms with Gasteiger partial charge in [-0.05, 0) is 12.5 Å². The molecule has 0 saturated carbocycles. The predicted molar refractivity (Wildman–Crippen MR) is 83.2 cm³/mol. The van der Waals surface area contributed by atoms with Crippen LogP contribution in [0.25, 0.3) is 5.73 Å². The number of halogens is 3. The van der Waals surface area contributed by atoms with Crippen molar-refractivity contribution in [2.24, 2.45) is 5.41 Å². The zero-order valence-electron chi connectivity index (χ0n) is 12.9. The Morgan fingerprint density at radius 1 is 1.05 bits per heavy atom. The molecule has 0 radical (unpaired) electrons. The molecule has 0 aliphatic rings. The van der Waals surface area contributed by atoms with Gasteiger partial charge >= 0.3 is 42.8 Å². The summed E-state index contributed by atoms with van der Waals surface area (Å²) >= 11 is -2.03. The van der Waals surface area contributed by atoms with Crippen LogP contribution in [0.2, 0.25) is 0 Å². The Bertz CT molecular complexity index is 164. The van der Waals surface area contributed by atoms with E-state index in [1.807, 2.05) is 13.8 Å². The van der Waals surface area contributed by atoms with Gasteiger partial charge in [-0.2, -0.15) is 6.61 Å². The maximum atomic E-state index is 7.59. The van der Waals surface area contributed by atoms with Gasteiger partial charge in [0, 0.05) is 7.11 Å². The second kappa shape index (κ2) is 14.4. The SMILES string of the molecule is CC(C)(C)CC(C)(C)[NH-].CO[CH-]COC.[Cl][Nb]([Cl])[Cl]. The van der Waals surface area contributed by atoms with Crippen LogP contribution in [0.4, 0.5) is 0 Å². The summed E-state index contributed by atoms with van der Waals surface area (Å²) in [5, 5.41) is 0. The number of hydrogen-bond donors (Lipinski definition) is 0. The number of hydrogen-bond acceptors (Lipinski definition) is 2. The molecule has 0 atom stereocenters. The minimum absolute atomic E-state index is 0.266. The van der Waals surface area contributed by atoms with E-state index in [0.29, 0.717) is 12.0 Å². The molecule has 0 rings (SSSR count). The van der Waals surface area contributed by atoms with Crippen molar-refractivity contribution in [1.29, 1.82) is 0 Å². The van der Waals surface area contributed by atoms with Crippen molar-refractivity contribution in [3.8, 4) is 0 Å². The fourth-order valence-electron chi connectivity index (χ4n) is 1.46. The molecular weight excluding hydrogens is 389 g/mol. The van der Waals surface area contributed by atoms with Crippen molar-refractivity contribution in [1.82, 2.24) is 0 Å². The van der Waals surface area contributed by atoms with E-state index in [1.165, 1.54) is 0 Å². The topological polar surface area (TPSA) is 42.3 Å². The third-order valence-corrected chi connectivity index (χ3v) is 1.37. The van der Waals surface area contributed by atoms with Crippen molar-refractivity contribution in [2.75, 3.05) is 20.8 Å². The quantitative estimate of drug-likeness (QED) is 0.332. The van der Waals surface area contributed by atoms with E-state index in [2.05, 4.69) is 30.2 Å². The fourth-order valence-corrected chi connectivity index (χ4v) is 1.46. The summed E-state index contributed by atoms with van der Waals surface area (Å²) < 4.78 is 9.13. The van der Waals surface area contributed by atoms with Crippen LogP contribution in [0.15, 0.2) is 0 Å².